The molecule has 134 valence electrons. The standard InChI is InChI=1S/C15H22ClN3O4S/c1-15(2,3)23-14(20)19-6-4-5-11(8-19)9-24(21,22)13-7-12(16)17-10-18-13/h7,10-11H,4-6,8-9H2,1-3H3/t11-/m0/s1. The third-order valence-corrected chi connectivity index (χ3v) is 5.53. The molecule has 0 radical (unpaired) electrons. The number of sulfone groups is 1. The van der Waals surface area contributed by atoms with Crippen molar-refractivity contribution < 1.29 is 17.9 Å². The molecular weight excluding hydrogens is 354 g/mol. The summed E-state index contributed by atoms with van der Waals surface area (Å²) < 4.78 is 30.3. The second-order valence-electron chi connectivity index (χ2n) is 6.89. The number of rotatable bonds is 3. The Hall–Kier alpha value is -1.41. The molecule has 1 atom stereocenters. The van der Waals surface area contributed by atoms with Gasteiger partial charge in [-0.3, -0.25) is 0 Å². The van der Waals surface area contributed by atoms with E-state index in [1.807, 2.05) is 0 Å². The van der Waals surface area contributed by atoms with E-state index in [0.717, 1.165) is 19.2 Å². The van der Waals surface area contributed by atoms with Crippen LogP contribution in [0.1, 0.15) is 33.6 Å². The average Bonchev–Trinajstić information content (AvgIpc) is 2.45. The van der Waals surface area contributed by atoms with Crippen molar-refractivity contribution in [3.05, 3.63) is 17.5 Å². The van der Waals surface area contributed by atoms with Crippen molar-refractivity contribution in [3.8, 4) is 0 Å². The highest BCUT2D eigenvalue weighted by Crippen LogP contribution is 2.23. The number of nitrogens with zero attached hydrogens (tertiary/aromatic N) is 3. The zero-order valence-corrected chi connectivity index (χ0v) is 15.6. The minimum Gasteiger partial charge on any atom is -0.444 e. The maximum Gasteiger partial charge on any atom is 0.410 e. The molecule has 1 aromatic heterocycles. The minimum absolute atomic E-state index is 0.0837. The highest BCUT2D eigenvalue weighted by Gasteiger charge is 2.31. The second kappa shape index (κ2) is 7.23. The van der Waals surface area contributed by atoms with Crippen LogP contribution >= 0.6 is 11.6 Å². The van der Waals surface area contributed by atoms with Crippen molar-refractivity contribution >= 4 is 27.5 Å². The van der Waals surface area contributed by atoms with E-state index in [0.29, 0.717) is 13.1 Å². The summed E-state index contributed by atoms with van der Waals surface area (Å²) in [6.45, 7) is 6.33. The number of hydrogen-bond acceptors (Lipinski definition) is 6. The van der Waals surface area contributed by atoms with Crippen LogP contribution in [0.5, 0.6) is 0 Å². The first-order valence-electron chi connectivity index (χ1n) is 7.75. The van der Waals surface area contributed by atoms with Gasteiger partial charge in [0.15, 0.2) is 14.9 Å². The molecule has 1 saturated heterocycles. The first kappa shape index (κ1) is 18.9. The summed E-state index contributed by atoms with van der Waals surface area (Å²) in [7, 11) is -3.58. The summed E-state index contributed by atoms with van der Waals surface area (Å²) in [5.41, 5.74) is -0.576. The van der Waals surface area contributed by atoms with E-state index in [4.69, 9.17) is 16.3 Å². The molecule has 9 heteroatoms. The molecule has 0 aromatic carbocycles. The highest BCUT2D eigenvalue weighted by molar-refractivity contribution is 7.91. The van der Waals surface area contributed by atoms with Gasteiger partial charge in [-0.15, -0.1) is 0 Å². The lowest BCUT2D eigenvalue weighted by Gasteiger charge is -2.33. The molecule has 1 fully saturated rings. The summed E-state index contributed by atoms with van der Waals surface area (Å²) in [5.74, 6) is -0.246. The number of halogens is 1. The van der Waals surface area contributed by atoms with Crippen molar-refractivity contribution in [1.29, 1.82) is 0 Å². The van der Waals surface area contributed by atoms with Gasteiger partial charge in [0.25, 0.3) is 0 Å². The molecule has 7 nitrogen and oxygen atoms in total. The number of carbonyl (C=O) groups excluding carboxylic acids is 1. The van der Waals surface area contributed by atoms with Crippen LogP contribution in [0, 0.1) is 5.92 Å². The topological polar surface area (TPSA) is 89.5 Å². The lowest BCUT2D eigenvalue weighted by Crippen LogP contribution is -2.44. The normalized spacial score (nSPS) is 19.2. The Morgan fingerprint density at radius 2 is 2.12 bits per heavy atom. The molecule has 1 aliphatic heterocycles. The fourth-order valence-electron chi connectivity index (χ4n) is 2.58. The third kappa shape index (κ3) is 5.31. The van der Waals surface area contributed by atoms with Crippen LogP contribution in [0.25, 0.3) is 0 Å². The molecule has 0 saturated carbocycles. The first-order chi connectivity index (χ1) is 11.1. The molecule has 1 aromatic rings. The van der Waals surface area contributed by atoms with E-state index in [1.165, 1.54) is 6.07 Å². The Bertz CT molecular complexity index is 703. The lowest BCUT2D eigenvalue weighted by atomic mass is 10.0. The summed E-state index contributed by atoms with van der Waals surface area (Å²) in [6, 6.07) is 1.24. The minimum atomic E-state index is -3.58. The van der Waals surface area contributed by atoms with Crippen molar-refractivity contribution in [1.82, 2.24) is 14.9 Å². The summed E-state index contributed by atoms with van der Waals surface area (Å²) in [5, 5.41) is -0.000470. The molecule has 2 rings (SSSR count). The number of carbonyl (C=O) groups is 1. The van der Waals surface area contributed by atoms with E-state index >= 15 is 0 Å². The van der Waals surface area contributed by atoms with Crippen LogP contribution in [-0.4, -0.2) is 53.8 Å². The zero-order valence-electron chi connectivity index (χ0n) is 14.0. The maximum atomic E-state index is 12.5. The van der Waals surface area contributed by atoms with Gasteiger partial charge >= 0.3 is 6.09 Å². The largest absolute Gasteiger partial charge is 0.444 e. The van der Waals surface area contributed by atoms with Gasteiger partial charge in [-0.2, -0.15) is 0 Å². The van der Waals surface area contributed by atoms with Crippen LogP contribution in [0.2, 0.25) is 5.15 Å². The first-order valence-corrected chi connectivity index (χ1v) is 9.78. The van der Waals surface area contributed by atoms with Crippen LogP contribution in [0.15, 0.2) is 17.4 Å². The number of aromatic nitrogens is 2. The van der Waals surface area contributed by atoms with Gasteiger partial charge < -0.3 is 9.64 Å². The maximum absolute atomic E-state index is 12.5. The van der Waals surface area contributed by atoms with E-state index in [9.17, 15) is 13.2 Å². The molecule has 0 bridgehead atoms. The Morgan fingerprint density at radius 3 is 2.75 bits per heavy atom. The highest BCUT2D eigenvalue weighted by atomic mass is 35.5. The van der Waals surface area contributed by atoms with E-state index in [1.54, 1.807) is 25.7 Å². The fraction of sp³-hybridized carbons (Fsp3) is 0.667. The summed E-state index contributed by atoms with van der Waals surface area (Å²) >= 11 is 5.73. The number of amides is 1. The number of hydrogen-bond donors (Lipinski definition) is 0. The Labute approximate surface area is 147 Å². The molecule has 0 spiro atoms. The second-order valence-corrected chi connectivity index (χ2v) is 9.26. The van der Waals surface area contributed by atoms with E-state index in [2.05, 4.69) is 9.97 Å². The summed E-state index contributed by atoms with van der Waals surface area (Å²) in [6.07, 6.45) is 2.19. The SMILES string of the molecule is CC(C)(C)OC(=O)N1CCC[C@H](CS(=O)(=O)c2cc(Cl)ncn2)C1. The predicted molar refractivity (Wildman–Crippen MR) is 89.6 cm³/mol. The van der Waals surface area contributed by atoms with Crippen LogP contribution < -0.4 is 0 Å². The molecule has 1 aliphatic rings. The van der Waals surface area contributed by atoms with Crippen LogP contribution in [-0.2, 0) is 14.6 Å². The molecule has 24 heavy (non-hydrogen) atoms. The fourth-order valence-corrected chi connectivity index (χ4v) is 4.35. The van der Waals surface area contributed by atoms with E-state index in [-0.39, 0.29) is 21.8 Å². The average molecular weight is 376 g/mol. The molecule has 0 aliphatic carbocycles. The van der Waals surface area contributed by atoms with Gasteiger partial charge in [0.1, 0.15) is 17.1 Å². The number of ether oxygens (including phenoxy) is 1. The smallest absolute Gasteiger partial charge is 0.410 e. The third-order valence-electron chi connectivity index (χ3n) is 3.55. The zero-order chi connectivity index (χ0) is 18.0. The monoisotopic (exact) mass is 375 g/mol. The Balaban J connectivity index is 2.03. The van der Waals surface area contributed by atoms with Gasteiger partial charge in [-0.05, 0) is 39.5 Å². The van der Waals surface area contributed by atoms with E-state index < -0.39 is 21.5 Å². The van der Waals surface area contributed by atoms with Crippen LogP contribution in [0.3, 0.4) is 0 Å². The van der Waals surface area contributed by atoms with Gasteiger partial charge in [-0.1, -0.05) is 11.6 Å². The summed E-state index contributed by atoms with van der Waals surface area (Å²) in [4.78, 5) is 21.2. The van der Waals surface area contributed by atoms with Gasteiger partial charge in [-0.25, -0.2) is 23.2 Å². The molecule has 0 unspecified atom stereocenters. The van der Waals surface area contributed by atoms with Crippen molar-refractivity contribution in [2.24, 2.45) is 5.92 Å². The number of piperidine rings is 1. The van der Waals surface area contributed by atoms with Crippen molar-refractivity contribution in [2.75, 3.05) is 18.8 Å². The molecular formula is C15H22ClN3O4S. The Morgan fingerprint density at radius 1 is 1.42 bits per heavy atom. The predicted octanol–water partition coefficient (Wildman–Crippen LogP) is 2.55. The van der Waals surface area contributed by atoms with Crippen molar-refractivity contribution in [2.45, 2.75) is 44.2 Å². The quantitative estimate of drug-likeness (QED) is 0.754. The lowest BCUT2D eigenvalue weighted by molar-refractivity contribution is 0.0176. The Kier molecular flexibility index (Phi) is 5.70. The van der Waals surface area contributed by atoms with Gasteiger partial charge in [0.05, 0.1) is 5.75 Å². The number of likely N-dealkylation sites (tertiary alicyclic amines) is 1. The van der Waals surface area contributed by atoms with Gasteiger partial charge in [0.2, 0.25) is 0 Å². The molecule has 1 amide bonds. The molecule has 2 heterocycles. The van der Waals surface area contributed by atoms with Gasteiger partial charge in [0, 0.05) is 19.2 Å². The molecule has 0 N–H and O–H groups in total. The van der Waals surface area contributed by atoms with Crippen molar-refractivity contribution in [3.63, 3.8) is 0 Å². The van der Waals surface area contributed by atoms with Crippen LogP contribution in [0.4, 0.5) is 4.79 Å².